The summed E-state index contributed by atoms with van der Waals surface area (Å²) < 4.78 is 15.2. The van der Waals surface area contributed by atoms with E-state index in [4.69, 9.17) is 0 Å². The number of Topliss-reactive ketones (excluding diaryl/α,β-unsaturated/α-hetero) is 1. The van der Waals surface area contributed by atoms with E-state index in [-0.39, 0.29) is 29.9 Å². The molecule has 0 aliphatic rings. The number of benzene rings is 3. The number of hydrogen-bond donors (Lipinski definition) is 1. The minimum atomic E-state index is -0.997. The SMILES string of the molecule is CC(C)c1ccc(-c2ccc(-c3cnc(-c4ccc(C[C@H](CC(=O)c5ccc(C(C)(C)C)s5)C(=O)O)cc4)nc3)c(F)c2)cc1. The lowest BCUT2D eigenvalue weighted by atomic mass is 9.93. The Kier molecular flexibility index (Phi) is 9.40. The Morgan fingerprint density at radius 3 is 2.00 bits per heavy atom. The molecule has 2 aromatic heterocycles. The highest BCUT2D eigenvalue weighted by Crippen LogP contribution is 2.32. The van der Waals surface area contributed by atoms with Crippen molar-refractivity contribution in [3.8, 4) is 33.6 Å². The van der Waals surface area contributed by atoms with Crippen LogP contribution in [0.5, 0.6) is 0 Å². The molecule has 5 rings (SSSR count). The van der Waals surface area contributed by atoms with Crippen molar-refractivity contribution in [2.45, 2.75) is 58.8 Å². The zero-order valence-electron chi connectivity index (χ0n) is 26.2. The van der Waals surface area contributed by atoms with Crippen LogP contribution in [0.2, 0.25) is 0 Å². The van der Waals surface area contributed by atoms with Gasteiger partial charge < -0.3 is 5.11 Å². The van der Waals surface area contributed by atoms with Gasteiger partial charge in [0, 0.05) is 40.4 Å². The van der Waals surface area contributed by atoms with Crippen molar-refractivity contribution in [2.75, 3.05) is 0 Å². The van der Waals surface area contributed by atoms with E-state index in [1.54, 1.807) is 24.5 Å². The molecule has 3 aromatic carbocycles. The van der Waals surface area contributed by atoms with Crippen LogP contribution in [0.25, 0.3) is 33.6 Å². The van der Waals surface area contributed by atoms with Gasteiger partial charge in [-0.15, -0.1) is 11.3 Å². The first-order valence-corrected chi connectivity index (χ1v) is 15.9. The average Bonchev–Trinajstić information content (AvgIpc) is 3.53. The molecule has 1 N–H and O–H groups in total. The second-order valence-electron chi connectivity index (χ2n) is 12.7. The maximum atomic E-state index is 15.2. The molecule has 0 bridgehead atoms. The number of carboxylic acid groups (broad SMARTS) is 1. The van der Waals surface area contributed by atoms with Gasteiger partial charge in [-0.05, 0) is 58.2 Å². The molecular weight excluding hydrogens is 583 g/mol. The minimum absolute atomic E-state index is 0.0618. The molecule has 0 aliphatic carbocycles. The summed E-state index contributed by atoms with van der Waals surface area (Å²) in [5.41, 5.74) is 5.49. The lowest BCUT2D eigenvalue weighted by Gasteiger charge is -2.15. The van der Waals surface area contributed by atoms with E-state index in [1.807, 2.05) is 48.5 Å². The first-order valence-electron chi connectivity index (χ1n) is 15.1. The monoisotopic (exact) mass is 620 g/mol. The second-order valence-corrected chi connectivity index (χ2v) is 13.8. The smallest absolute Gasteiger partial charge is 0.307 e. The van der Waals surface area contributed by atoms with Gasteiger partial charge in [-0.3, -0.25) is 9.59 Å². The lowest BCUT2D eigenvalue weighted by Crippen LogP contribution is -2.20. The van der Waals surface area contributed by atoms with Crippen LogP contribution in [0.3, 0.4) is 0 Å². The number of aromatic nitrogens is 2. The van der Waals surface area contributed by atoms with E-state index >= 15 is 4.39 Å². The van der Waals surface area contributed by atoms with E-state index in [0.29, 0.717) is 27.7 Å². The molecule has 7 heteroatoms. The summed E-state index contributed by atoms with van der Waals surface area (Å²) in [6.45, 7) is 10.5. The van der Waals surface area contributed by atoms with Crippen molar-refractivity contribution < 1.29 is 19.1 Å². The lowest BCUT2D eigenvalue weighted by molar-refractivity contribution is -0.141. The number of aliphatic carboxylic acids is 1. The van der Waals surface area contributed by atoms with Crippen molar-refractivity contribution in [1.29, 1.82) is 0 Å². The highest BCUT2D eigenvalue weighted by Gasteiger charge is 2.25. The Hall–Kier alpha value is -4.49. The highest BCUT2D eigenvalue weighted by atomic mass is 32.1. The molecule has 0 saturated heterocycles. The number of hydrogen-bond acceptors (Lipinski definition) is 5. The van der Waals surface area contributed by atoms with Gasteiger partial charge in [-0.2, -0.15) is 0 Å². The Bertz CT molecular complexity index is 1800. The summed E-state index contributed by atoms with van der Waals surface area (Å²) in [6.07, 6.45) is 3.38. The Morgan fingerprint density at radius 2 is 1.44 bits per heavy atom. The van der Waals surface area contributed by atoms with Crippen molar-refractivity contribution in [1.82, 2.24) is 9.97 Å². The molecule has 0 saturated carbocycles. The average molecular weight is 621 g/mol. The molecule has 5 aromatic rings. The van der Waals surface area contributed by atoms with Crippen molar-refractivity contribution in [3.63, 3.8) is 0 Å². The molecule has 0 fully saturated rings. The molecule has 0 radical (unpaired) electrons. The van der Waals surface area contributed by atoms with Crippen LogP contribution in [0.1, 0.15) is 72.6 Å². The highest BCUT2D eigenvalue weighted by molar-refractivity contribution is 7.14. The molecule has 0 aliphatic heterocycles. The summed E-state index contributed by atoms with van der Waals surface area (Å²) in [7, 11) is 0. The quantitative estimate of drug-likeness (QED) is 0.157. The fourth-order valence-electron chi connectivity index (χ4n) is 5.14. The van der Waals surface area contributed by atoms with Gasteiger partial charge in [0.05, 0.1) is 10.8 Å². The fraction of sp³-hybridized carbons (Fsp3) is 0.263. The van der Waals surface area contributed by atoms with E-state index in [9.17, 15) is 14.7 Å². The van der Waals surface area contributed by atoms with Crippen LogP contribution in [0.4, 0.5) is 4.39 Å². The predicted octanol–water partition coefficient (Wildman–Crippen LogP) is 9.62. The van der Waals surface area contributed by atoms with Gasteiger partial charge in [-0.1, -0.05) is 95.3 Å². The topological polar surface area (TPSA) is 80.2 Å². The minimum Gasteiger partial charge on any atom is -0.481 e. The Labute approximate surface area is 267 Å². The number of halogens is 1. The summed E-state index contributed by atoms with van der Waals surface area (Å²) in [5, 5.41) is 9.84. The van der Waals surface area contributed by atoms with Gasteiger partial charge in [0.2, 0.25) is 0 Å². The molecule has 1 atom stereocenters. The molecule has 2 heterocycles. The molecule has 0 unspecified atom stereocenters. The van der Waals surface area contributed by atoms with Gasteiger partial charge in [0.25, 0.3) is 0 Å². The van der Waals surface area contributed by atoms with Crippen LogP contribution in [0, 0.1) is 11.7 Å². The summed E-state index contributed by atoms with van der Waals surface area (Å²) >= 11 is 1.43. The third-order valence-corrected chi connectivity index (χ3v) is 9.49. The van der Waals surface area contributed by atoms with Crippen molar-refractivity contribution >= 4 is 23.1 Å². The molecule has 230 valence electrons. The van der Waals surface area contributed by atoms with E-state index in [2.05, 4.69) is 56.7 Å². The Balaban J connectivity index is 1.24. The maximum Gasteiger partial charge on any atom is 0.307 e. The number of rotatable bonds is 10. The zero-order chi connectivity index (χ0) is 32.3. The van der Waals surface area contributed by atoms with Crippen LogP contribution >= 0.6 is 11.3 Å². The van der Waals surface area contributed by atoms with Gasteiger partial charge in [0.15, 0.2) is 11.6 Å². The molecule has 0 amide bonds. The van der Waals surface area contributed by atoms with Crippen LogP contribution in [-0.2, 0) is 16.6 Å². The van der Waals surface area contributed by atoms with Gasteiger partial charge in [-0.25, -0.2) is 14.4 Å². The molecular formula is C38H37FN2O3S. The Morgan fingerprint density at radius 1 is 0.822 bits per heavy atom. The number of carboxylic acids is 1. The largest absolute Gasteiger partial charge is 0.481 e. The first kappa shape index (κ1) is 31.9. The van der Waals surface area contributed by atoms with Crippen molar-refractivity contribution in [2.24, 2.45) is 5.92 Å². The zero-order valence-corrected chi connectivity index (χ0v) is 27.0. The summed E-state index contributed by atoms with van der Waals surface area (Å²) in [4.78, 5) is 35.5. The number of thiophene rings is 1. The van der Waals surface area contributed by atoms with Crippen LogP contribution in [0.15, 0.2) is 91.3 Å². The number of carbonyl (C=O) groups is 2. The summed E-state index contributed by atoms with van der Waals surface area (Å²) in [5.74, 6) is -1.42. The van der Waals surface area contributed by atoms with Crippen molar-refractivity contribution in [3.05, 3.63) is 118 Å². The van der Waals surface area contributed by atoms with Gasteiger partial charge in [0.1, 0.15) is 5.82 Å². The molecule has 0 spiro atoms. The normalized spacial score (nSPS) is 12.3. The predicted molar refractivity (Wildman–Crippen MR) is 179 cm³/mol. The third kappa shape index (κ3) is 7.60. The third-order valence-electron chi connectivity index (χ3n) is 7.94. The number of nitrogens with zero attached hydrogens (tertiary/aromatic N) is 2. The number of carbonyl (C=O) groups excluding carboxylic acids is 1. The van der Waals surface area contributed by atoms with Gasteiger partial charge >= 0.3 is 5.97 Å². The molecule has 45 heavy (non-hydrogen) atoms. The van der Waals surface area contributed by atoms with E-state index in [1.165, 1.54) is 23.0 Å². The van der Waals surface area contributed by atoms with E-state index < -0.39 is 11.9 Å². The summed E-state index contributed by atoms with van der Waals surface area (Å²) in [6, 6.07) is 24.4. The fourth-order valence-corrected chi connectivity index (χ4v) is 6.15. The first-order chi connectivity index (χ1) is 21.4. The maximum absolute atomic E-state index is 15.2. The van der Waals surface area contributed by atoms with Crippen LogP contribution < -0.4 is 0 Å². The molecule has 5 nitrogen and oxygen atoms in total. The number of ketones is 1. The second kappa shape index (κ2) is 13.2. The van der Waals surface area contributed by atoms with Crippen LogP contribution in [-0.4, -0.2) is 26.8 Å². The standard InChI is InChI=1S/C38H37FN2O3S/c1-23(2)25-10-12-26(13-11-25)28-14-15-31(32(39)19-28)30-21-40-36(41-22-30)27-8-6-24(7-9-27)18-29(37(43)44)20-33(42)34-16-17-35(45-34)38(3,4)5/h6-17,19,21-23,29H,18,20H2,1-5H3,(H,43,44)/t29-/m1/s1. The van der Waals surface area contributed by atoms with E-state index in [0.717, 1.165) is 27.1 Å².